The van der Waals surface area contributed by atoms with Gasteiger partial charge in [0.15, 0.2) is 0 Å². The molecule has 0 radical (unpaired) electrons. The predicted molar refractivity (Wildman–Crippen MR) is 51.8 cm³/mol. The minimum Gasteiger partial charge on any atom is -0.460 e. The van der Waals surface area contributed by atoms with Gasteiger partial charge in [-0.1, -0.05) is 6.92 Å². The molecule has 0 fully saturated rings. The van der Waals surface area contributed by atoms with Gasteiger partial charge in [0.1, 0.15) is 5.60 Å². The molecule has 0 saturated heterocycles. The van der Waals surface area contributed by atoms with Crippen LogP contribution >= 0.6 is 0 Å². The molecule has 0 aromatic heterocycles. The molecular weight excluding hydrogens is 168 g/mol. The molecule has 3 N–H and O–H groups in total. The molecule has 0 aliphatic carbocycles. The minimum absolute atomic E-state index is 0.102. The lowest BCUT2D eigenvalue weighted by Crippen LogP contribution is -2.30. The van der Waals surface area contributed by atoms with Crippen LogP contribution < -0.4 is 11.3 Å². The van der Waals surface area contributed by atoms with E-state index in [1.807, 2.05) is 27.7 Å². The van der Waals surface area contributed by atoms with Gasteiger partial charge in [-0.05, 0) is 27.2 Å². The van der Waals surface area contributed by atoms with Gasteiger partial charge in [-0.3, -0.25) is 16.1 Å². The van der Waals surface area contributed by atoms with Crippen LogP contribution in [0.3, 0.4) is 0 Å². The second-order valence-corrected chi connectivity index (χ2v) is 4.18. The van der Waals surface area contributed by atoms with Crippen LogP contribution in [0.4, 0.5) is 0 Å². The Hall–Kier alpha value is -0.610. The molecule has 0 aliphatic heterocycles. The van der Waals surface area contributed by atoms with Crippen molar-refractivity contribution >= 4 is 5.97 Å². The number of hydrazine groups is 1. The maximum atomic E-state index is 11.4. The van der Waals surface area contributed by atoms with Crippen LogP contribution in [0.1, 0.15) is 34.1 Å². The fourth-order valence-electron chi connectivity index (χ4n) is 0.820. The topological polar surface area (TPSA) is 64.3 Å². The number of nitrogens with one attached hydrogen (secondary N) is 1. The summed E-state index contributed by atoms with van der Waals surface area (Å²) in [5.41, 5.74) is 2.11. The van der Waals surface area contributed by atoms with Crippen LogP contribution in [0.15, 0.2) is 0 Å². The summed E-state index contributed by atoms with van der Waals surface area (Å²) in [6.45, 7) is 8.04. The van der Waals surface area contributed by atoms with Crippen molar-refractivity contribution in [3.8, 4) is 0 Å². The maximum absolute atomic E-state index is 11.4. The summed E-state index contributed by atoms with van der Waals surface area (Å²) in [5.74, 6) is 4.84. The Labute approximate surface area is 79.8 Å². The van der Waals surface area contributed by atoms with Gasteiger partial charge in [0, 0.05) is 6.54 Å². The smallest absolute Gasteiger partial charge is 0.309 e. The van der Waals surface area contributed by atoms with Gasteiger partial charge in [0.25, 0.3) is 0 Å². The third-order valence-electron chi connectivity index (χ3n) is 1.53. The number of hydrogen-bond acceptors (Lipinski definition) is 4. The van der Waals surface area contributed by atoms with Crippen LogP contribution in [0, 0.1) is 5.92 Å². The predicted octanol–water partition coefficient (Wildman–Crippen LogP) is 0.818. The molecule has 0 saturated carbocycles. The zero-order chi connectivity index (χ0) is 10.5. The summed E-state index contributed by atoms with van der Waals surface area (Å²) >= 11 is 0. The molecule has 0 rings (SSSR count). The lowest BCUT2D eigenvalue weighted by atomic mass is 10.1. The third kappa shape index (κ3) is 6.54. The molecule has 4 nitrogen and oxygen atoms in total. The molecular formula is C9H20N2O2. The van der Waals surface area contributed by atoms with Crippen LogP contribution in [0.25, 0.3) is 0 Å². The summed E-state index contributed by atoms with van der Waals surface area (Å²) in [4.78, 5) is 11.4. The third-order valence-corrected chi connectivity index (χ3v) is 1.53. The Kier molecular flexibility index (Phi) is 4.95. The summed E-state index contributed by atoms with van der Waals surface area (Å²) in [5, 5.41) is 0. The molecule has 13 heavy (non-hydrogen) atoms. The number of carbonyl (C=O) groups excluding carboxylic acids is 1. The van der Waals surface area contributed by atoms with E-state index in [2.05, 4.69) is 5.43 Å². The summed E-state index contributed by atoms with van der Waals surface area (Å²) in [6, 6.07) is 0. The molecule has 1 atom stereocenters. The Morgan fingerprint density at radius 1 is 1.54 bits per heavy atom. The number of carbonyl (C=O) groups is 1. The normalized spacial score (nSPS) is 13.9. The number of nitrogens with two attached hydrogens (primary N) is 1. The molecule has 0 aliphatic rings. The Balaban J connectivity index is 3.83. The molecule has 0 unspecified atom stereocenters. The van der Waals surface area contributed by atoms with E-state index < -0.39 is 5.60 Å². The van der Waals surface area contributed by atoms with Crippen molar-refractivity contribution in [2.24, 2.45) is 11.8 Å². The highest BCUT2D eigenvalue weighted by atomic mass is 16.6. The summed E-state index contributed by atoms with van der Waals surface area (Å²) in [6.07, 6.45) is 0.700. The maximum Gasteiger partial charge on any atom is 0.309 e. The van der Waals surface area contributed by atoms with E-state index in [9.17, 15) is 4.79 Å². The highest BCUT2D eigenvalue weighted by Crippen LogP contribution is 2.12. The van der Waals surface area contributed by atoms with Gasteiger partial charge in [-0.2, -0.15) is 0 Å². The zero-order valence-electron chi connectivity index (χ0n) is 8.89. The van der Waals surface area contributed by atoms with Crippen molar-refractivity contribution < 1.29 is 9.53 Å². The fraction of sp³-hybridized carbons (Fsp3) is 0.889. The van der Waals surface area contributed by atoms with Crippen molar-refractivity contribution in [2.45, 2.75) is 39.7 Å². The van der Waals surface area contributed by atoms with Crippen molar-refractivity contribution in [1.82, 2.24) is 5.43 Å². The molecule has 0 spiro atoms. The van der Waals surface area contributed by atoms with E-state index in [0.717, 1.165) is 0 Å². The van der Waals surface area contributed by atoms with Gasteiger partial charge < -0.3 is 4.74 Å². The fourth-order valence-corrected chi connectivity index (χ4v) is 0.820. The quantitative estimate of drug-likeness (QED) is 0.389. The van der Waals surface area contributed by atoms with Crippen LogP contribution in [0.5, 0.6) is 0 Å². The van der Waals surface area contributed by atoms with E-state index in [4.69, 9.17) is 10.6 Å². The van der Waals surface area contributed by atoms with E-state index in [0.29, 0.717) is 13.0 Å². The lowest BCUT2D eigenvalue weighted by molar-refractivity contribution is -0.159. The first-order chi connectivity index (χ1) is 5.87. The average Bonchev–Trinajstić information content (AvgIpc) is 1.96. The lowest BCUT2D eigenvalue weighted by Gasteiger charge is -2.22. The van der Waals surface area contributed by atoms with E-state index in [1.165, 1.54) is 0 Å². The van der Waals surface area contributed by atoms with Gasteiger partial charge in [-0.15, -0.1) is 0 Å². The first kappa shape index (κ1) is 12.4. The van der Waals surface area contributed by atoms with Crippen molar-refractivity contribution in [3.63, 3.8) is 0 Å². The highest BCUT2D eigenvalue weighted by molar-refractivity contribution is 5.72. The number of rotatable bonds is 4. The summed E-state index contributed by atoms with van der Waals surface area (Å²) < 4.78 is 5.19. The minimum atomic E-state index is -0.401. The van der Waals surface area contributed by atoms with Gasteiger partial charge in [0.05, 0.1) is 5.92 Å². The Bertz CT molecular complexity index is 163. The van der Waals surface area contributed by atoms with Gasteiger partial charge in [0.2, 0.25) is 0 Å². The van der Waals surface area contributed by atoms with Crippen molar-refractivity contribution in [3.05, 3.63) is 0 Å². The number of esters is 1. The zero-order valence-corrected chi connectivity index (χ0v) is 8.89. The molecule has 78 valence electrons. The average molecular weight is 188 g/mol. The summed E-state index contributed by atoms with van der Waals surface area (Å²) in [7, 11) is 0. The highest BCUT2D eigenvalue weighted by Gasteiger charge is 2.20. The second kappa shape index (κ2) is 5.19. The molecule has 0 heterocycles. The van der Waals surface area contributed by atoms with Crippen LogP contribution in [0.2, 0.25) is 0 Å². The largest absolute Gasteiger partial charge is 0.460 e. The monoisotopic (exact) mass is 188 g/mol. The first-order valence-electron chi connectivity index (χ1n) is 4.53. The van der Waals surface area contributed by atoms with Gasteiger partial charge >= 0.3 is 5.97 Å². The van der Waals surface area contributed by atoms with Crippen molar-refractivity contribution in [2.75, 3.05) is 6.54 Å². The molecule has 4 heteroatoms. The molecule has 0 aromatic rings. The number of hydrogen-bond donors (Lipinski definition) is 2. The van der Waals surface area contributed by atoms with E-state index in [-0.39, 0.29) is 11.9 Å². The molecule has 0 bridgehead atoms. The Morgan fingerprint density at radius 3 is 2.46 bits per heavy atom. The second-order valence-electron chi connectivity index (χ2n) is 4.18. The Morgan fingerprint density at radius 2 is 2.08 bits per heavy atom. The van der Waals surface area contributed by atoms with E-state index in [1.54, 1.807) is 0 Å². The first-order valence-corrected chi connectivity index (χ1v) is 4.53. The van der Waals surface area contributed by atoms with Gasteiger partial charge in [-0.25, -0.2) is 0 Å². The molecule has 0 aromatic carbocycles. The van der Waals surface area contributed by atoms with Crippen LogP contribution in [-0.2, 0) is 9.53 Å². The van der Waals surface area contributed by atoms with E-state index >= 15 is 0 Å². The number of ether oxygens (including phenoxy) is 1. The molecule has 0 amide bonds. The SMILES string of the molecule is C[C@@H](CCNN)C(=O)OC(C)(C)C. The standard InChI is InChI=1S/C9H20N2O2/c1-7(5-6-11-10)8(12)13-9(2,3)4/h7,11H,5-6,10H2,1-4H3/t7-/m0/s1. The van der Waals surface area contributed by atoms with Crippen LogP contribution in [-0.4, -0.2) is 18.1 Å². The van der Waals surface area contributed by atoms with Crippen molar-refractivity contribution in [1.29, 1.82) is 0 Å².